The molecule has 0 radical (unpaired) electrons. The van der Waals surface area contributed by atoms with E-state index in [1.165, 1.54) is 0 Å². The third kappa shape index (κ3) is 3.66. The van der Waals surface area contributed by atoms with Gasteiger partial charge in [-0.1, -0.05) is 0 Å². The van der Waals surface area contributed by atoms with Crippen molar-refractivity contribution in [2.75, 3.05) is 31.6 Å². The van der Waals surface area contributed by atoms with Crippen molar-refractivity contribution in [2.24, 2.45) is 0 Å². The van der Waals surface area contributed by atoms with Gasteiger partial charge in [-0.25, -0.2) is 0 Å². The Hall–Kier alpha value is -2.19. The van der Waals surface area contributed by atoms with Gasteiger partial charge in [-0.3, -0.25) is 14.7 Å². The van der Waals surface area contributed by atoms with Crippen LogP contribution in [0, 0.1) is 0 Å². The minimum Gasteiger partial charge on any atom is -0.381 e. The summed E-state index contributed by atoms with van der Waals surface area (Å²) in [6, 6.07) is 3.74. The largest absolute Gasteiger partial charge is 0.381 e. The van der Waals surface area contributed by atoms with Gasteiger partial charge in [-0.15, -0.1) is 11.3 Å². The number of aromatic nitrogens is 2. The van der Waals surface area contributed by atoms with Crippen LogP contribution in [0.25, 0.3) is 0 Å². The lowest BCUT2D eigenvalue weighted by atomic mass is 9.97. The van der Waals surface area contributed by atoms with E-state index in [1.54, 1.807) is 16.2 Å². The number of hydrogen-bond donors (Lipinski definition) is 2. The van der Waals surface area contributed by atoms with Crippen LogP contribution in [-0.4, -0.2) is 53.2 Å². The van der Waals surface area contributed by atoms with Crippen LogP contribution >= 0.6 is 11.3 Å². The van der Waals surface area contributed by atoms with Gasteiger partial charge in [0.15, 0.2) is 5.82 Å². The lowest BCUT2D eigenvalue weighted by Gasteiger charge is -2.20. The molecule has 2 aromatic heterocycles. The number of rotatable bonds is 4. The number of carbonyl (C=O) groups excluding carboxylic acids is 2. The van der Waals surface area contributed by atoms with E-state index in [-0.39, 0.29) is 18.4 Å². The van der Waals surface area contributed by atoms with E-state index < -0.39 is 0 Å². The number of fused-ring (bicyclic) bond motifs is 1. The second kappa shape index (κ2) is 7.59. The highest BCUT2D eigenvalue weighted by Gasteiger charge is 2.25. The summed E-state index contributed by atoms with van der Waals surface area (Å²) in [6.45, 7) is 2.16. The molecule has 26 heavy (non-hydrogen) atoms. The maximum Gasteiger partial charge on any atom is 0.255 e. The number of carbonyl (C=O) groups is 2. The average Bonchev–Trinajstić information content (AvgIpc) is 3.28. The molecule has 1 saturated heterocycles. The number of hydrogen-bond acceptors (Lipinski definition) is 5. The predicted octanol–water partition coefficient (Wildman–Crippen LogP) is 2.39. The molecule has 4 heterocycles. The number of thiophene rings is 1. The summed E-state index contributed by atoms with van der Waals surface area (Å²) < 4.78 is 5.38. The fourth-order valence-electron chi connectivity index (χ4n) is 3.55. The Morgan fingerprint density at radius 2 is 2.27 bits per heavy atom. The van der Waals surface area contributed by atoms with Crippen molar-refractivity contribution in [3.05, 3.63) is 33.6 Å². The molecule has 0 aliphatic carbocycles. The molecule has 7 nitrogen and oxygen atoms in total. The summed E-state index contributed by atoms with van der Waals surface area (Å²) in [7, 11) is 0. The topological polar surface area (TPSA) is 87.3 Å². The predicted molar refractivity (Wildman–Crippen MR) is 98.6 cm³/mol. The maximum absolute atomic E-state index is 12.6. The Balaban J connectivity index is 1.37. The number of aryl methyl sites for hydroxylation is 1. The summed E-state index contributed by atoms with van der Waals surface area (Å²) in [4.78, 5) is 27.8. The Kier molecular flexibility index (Phi) is 5.03. The maximum atomic E-state index is 12.6. The molecule has 8 heteroatoms. The monoisotopic (exact) mass is 374 g/mol. The second-order valence-electron chi connectivity index (χ2n) is 6.73. The van der Waals surface area contributed by atoms with E-state index in [2.05, 4.69) is 15.5 Å². The third-order valence-electron chi connectivity index (χ3n) is 4.96. The van der Waals surface area contributed by atoms with E-state index in [0.29, 0.717) is 18.3 Å². The van der Waals surface area contributed by atoms with Crippen molar-refractivity contribution in [3.8, 4) is 0 Å². The average molecular weight is 374 g/mol. The van der Waals surface area contributed by atoms with E-state index in [1.807, 2.05) is 17.5 Å². The van der Waals surface area contributed by atoms with Gasteiger partial charge in [-0.2, -0.15) is 5.10 Å². The van der Waals surface area contributed by atoms with Gasteiger partial charge in [-0.05, 0) is 37.1 Å². The lowest BCUT2D eigenvalue weighted by Crippen LogP contribution is -2.37. The van der Waals surface area contributed by atoms with Gasteiger partial charge in [0, 0.05) is 42.3 Å². The van der Waals surface area contributed by atoms with Gasteiger partial charge in [0.2, 0.25) is 5.91 Å². The summed E-state index contributed by atoms with van der Waals surface area (Å²) in [5.74, 6) is 0.627. The van der Waals surface area contributed by atoms with Crippen LogP contribution < -0.4 is 5.32 Å². The number of amides is 2. The SMILES string of the molecule is O=C(CN1CCCc2sccc2C1=O)Nc1cc(C2CCOCC2)[nH]n1. The van der Waals surface area contributed by atoms with Crippen LogP contribution in [0.5, 0.6) is 0 Å². The van der Waals surface area contributed by atoms with Gasteiger partial charge < -0.3 is 15.0 Å². The molecular weight excluding hydrogens is 352 g/mol. The molecule has 2 N–H and O–H groups in total. The molecule has 2 aliphatic heterocycles. The molecule has 2 amide bonds. The van der Waals surface area contributed by atoms with E-state index >= 15 is 0 Å². The number of H-pyrrole nitrogens is 1. The molecule has 0 atom stereocenters. The van der Waals surface area contributed by atoms with Crippen LogP contribution in [0.4, 0.5) is 5.82 Å². The molecular formula is C18H22N4O3S. The number of nitrogens with one attached hydrogen (secondary N) is 2. The zero-order valence-corrected chi connectivity index (χ0v) is 15.3. The van der Waals surface area contributed by atoms with Gasteiger partial charge in [0.1, 0.15) is 6.54 Å². The minimum absolute atomic E-state index is 0.0492. The van der Waals surface area contributed by atoms with E-state index in [0.717, 1.165) is 55.0 Å². The van der Waals surface area contributed by atoms with Crippen molar-refractivity contribution in [2.45, 2.75) is 31.6 Å². The van der Waals surface area contributed by atoms with Crippen LogP contribution in [0.15, 0.2) is 17.5 Å². The van der Waals surface area contributed by atoms with Crippen molar-refractivity contribution in [1.82, 2.24) is 15.1 Å². The Bertz CT molecular complexity index is 794. The van der Waals surface area contributed by atoms with Crippen molar-refractivity contribution in [3.63, 3.8) is 0 Å². The van der Waals surface area contributed by atoms with Crippen LogP contribution in [-0.2, 0) is 16.0 Å². The van der Waals surface area contributed by atoms with Gasteiger partial charge >= 0.3 is 0 Å². The Labute approximate surface area is 155 Å². The highest BCUT2D eigenvalue weighted by molar-refractivity contribution is 7.10. The first kappa shape index (κ1) is 17.2. The number of aromatic amines is 1. The Morgan fingerprint density at radius 1 is 1.42 bits per heavy atom. The van der Waals surface area contributed by atoms with Crippen molar-refractivity contribution >= 4 is 29.0 Å². The third-order valence-corrected chi connectivity index (χ3v) is 5.94. The van der Waals surface area contributed by atoms with E-state index in [4.69, 9.17) is 4.74 Å². The first-order valence-corrected chi connectivity index (χ1v) is 9.87. The molecule has 1 fully saturated rings. The van der Waals surface area contributed by atoms with Crippen molar-refractivity contribution in [1.29, 1.82) is 0 Å². The fraction of sp³-hybridized carbons (Fsp3) is 0.500. The second-order valence-corrected chi connectivity index (χ2v) is 7.73. The summed E-state index contributed by atoms with van der Waals surface area (Å²) >= 11 is 1.61. The molecule has 0 spiro atoms. The molecule has 0 saturated carbocycles. The highest BCUT2D eigenvalue weighted by atomic mass is 32.1. The minimum atomic E-state index is -0.220. The quantitative estimate of drug-likeness (QED) is 0.860. The number of anilines is 1. The molecule has 4 rings (SSSR count). The molecule has 0 unspecified atom stereocenters. The smallest absolute Gasteiger partial charge is 0.255 e. The summed E-state index contributed by atoms with van der Waals surface area (Å²) in [5.41, 5.74) is 1.76. The Morgan fingerprint density at radius 3 is 3.12 bits per heavy atom. The molecule has 138 valence electrons. The lowest BCUT2D eigenvalue weighted by molar-refractivity contribution is -0.116. The molecule has 2 aromatic rings. The van der Waals surface area contributed by atoms with Crippen molar-refractivity contribution < 1.29 is 14.3 Å². The fourth-order valence-corrected chi connectivity index (χ4v) is 4.46. The number of nitrogens with zero attached hydrogens (tertiary/aromatic N) is 2. The van der Waals surface area contributed by atoms with Crippen LogP contribution in [0.1, 0.15) is 46.1 Å². The van der Waals surface area contributed by atoms with Crippen LogP contribution in [0.3, 0.4) is 0 Å². The molecule has 0 bridgehead atoms. The standard InChI is InChI=1S/C18H22N4O3S/c23-17(11-22-6-1-2-15-13(18(22)24)5-9-26-15)19-16-10-14(20-21-16)12-3-7-25-8-4-12/h5,9-10,12H,1-4,6-8,11H2,(H2,19,20,21,23). The van der Waals surface area contributed by atoms with Gasteiger partial charge in [0.25, 0.3) is 5.91 Å². The van der Waals surface area contributed by atoms with Gasteiger partial charge in [0.05, 0.1) is 5.56 Å². The van der Waals surface area contributed by atoms with Crippen LogP contribution in [0.2, 0.25) is 0 Å². The summed E-state index contributed by atoms with van der Waals surface area (Å²) in [6.07, 6.45) is 3.69. The normalized spacial score (nSPS) is 18.5. The first-order chi connectivity index (χ1) is 12.7. The first-order valence-electron chi connectivity index (χ1n) is 8.99. The number of ether oxygens (including phenoxy) is 1. The van der Waals surface area contributed by atoms with E-state index in [9.17, 15) is 9.59 Å². The zero-order chi connectivity index (χ0) is 17.9. The zero-order valence-electron chi connectivity index (χ0n) is 14.5. The summed E-state index contributed by atoms with van der Waals surface area (Å²) in [5, 5.41) is 11.9. The highest BCUT2D eigenvalue weighted by Crippen LogP contribution is 2.27. The molecule has 2 aliphatic rings. The molecule has 0 aromatic carbocycles.